The maximum atomic E-state index is 11.6. The van der Waals surface area contributed by atoms with Crippen LogP contribution in [0.15, 0.2) is 0 Å². The van der Waals surface area contributed by atoms with Crippen molar-refractivity contribution < 1.29 is 28.9 Å². The summed E-state index contributed by atoms with van der Waals surface area (Å²) in [6.07, 6.45) is 1.87. The number of ether oxygens (including phenoxy) is 3. The molecule has 6 nitrogen and oxygen atoms in total. The molecule has 0 aromatic heterocycles. The smallest absolute Gasteiger partial charge is 0.308 e. The Morgan fingerprint density at radius 3 is 2.12 bits per heavy atom. The number of hydrogen-bond acceptors (Lipinski definition) is 6. The molecular formula is C20H28O6. The summed E-state index contributed by atoms with van der Waals surface area (Å²) in [5.41, 5.74) is 2.72. The Morgan fingerprint density at radius 2 is 1.62 bits per heavy atom. The van der Waals surface area contributed by atoms with Crippen LogP contribution in [0, 0.1) is 20.8 Å². The van der Waals surface area contributed by atoms with Crippen LogP contribution in [-0.2, 0) is 20.7 Å². The maximum absolute atomic E-state index is 11.6. The van der Waals surface area contributed by atoms with Crippen LogP contribution in [0.2, 0.25) is 0 Å². The van der Waals surface area contributed by atoms with Crippen LogP contribution in [0.25, 0.3) is 0 Å². The fraction of sp³-hybridized carbons (Fsp3) is 0.600. The zero-order valence-electron chi connectivity index (χ0n) is 16.4. The monoisotopic (exact) mass is 364 g/mol. The molecule has 1 saturated heterocycles. The van der Waals surface area contributed by atoms with Gasteiger partial charge in [-0.3, -0.25) is 9.59 Å². The first-order valence-electron chi connectivity index (χ1n) is 8.89. The first kappa shape index (κ1) is 20.4. The van der Waals surface area contributed by atoms with Crippen LogP contribution in [0.3, 0.4) is 0 Å². The highest BCUT2D eigenvalue weighted by Gasteiger charge is 2.35. The summed E-state index contributed by atoms with van der Waals surface area (Å²) in [6.45, 7) is 10.3. The van der Waals surface area contributed by atoms with Crippen LogP contribution in [0.5, 0.6) is 11.5 Å². The van der Waals surface area contributed by atoms with Gasteiger partial charge in [0.1, 0.15) is 11.5 Å². The number of aliphatic hydroxyl groups excluding tert-OH is 1. The summed E-state index contributed by atoms with van der Waals surface area (Å²) >= 11 is 0. The van der Waals surface area contributed by atoms with Gasteiger partial charge in [0.2, 0.25) is 0 Å². The summed E-state index contributed by atoms with van der Waals surface area (Å²) in [6, 6.07) is 0. The van der Waals surface area contributed by atoms with Crippen LogP contribution in [0.1, 0.15) is 62.3 Å². The lowest BCUT2D eigenvalue weighted by molar-refractivity contribution is -0.133. The van der Waals surface area contributed by atoms with E-state index in [-0.39, 0.29) is 0 Å². The minimum absolute atomic E-state index is 0.393. The molecule has 2 unspecified atom stereocenters. The molecule has 1 aromatic rings. The lowest BCUT2D eigenvalue weighted by atomic mass is 9.89. The van der Waals surface area contributed by atoms with E-state index in [9.17, 15) is 14.7 Å². The molecule has 6 heteroatoms. The summed E-state index contributed by atoms with van der Waals surface area (Å²) in [5.74, 6) is 0.243. The summed E-state index contributed by atoms with van der Waals surface area (Å²) < 4.78 is 16.6. The van der Waals surface area contributed by atoms with Gasteiger partial charge in [-0.05, 0) is 63.6 Å². The molecular weight excluding hydrogens is 336 g/mol. The van der Waals surface area contributed by atoms with Crippen molar-refractivity contribution in [2.45, 2.75) is 79.1 Å². The molecule has 1 aliphatic heterocycles. The quantitative estimate of drug-likeness (QED) is 0.638. The van der Waals surface area contributed by atoms with Gasteiger partial charge >= 0.3 is 11.9 Å². The number of aliphatic hydroxyl groups is 1. The Labute approximate surface area is 154 Å². The normalized spacial score (nSPS) is 22.3. The zero-order valence-corrected chi connectivity index (χ0v) is 16.4. The van der Waals surface area contributed by atoms with E-state index in [0.29, 0.717) is 30.8 Å². The Hall–Kier alpha value is -1.92. The molecule has 1 fully saturated rings. The second kappa shape index (κ2) is 7.76. The van der Waals surface area contributed by atoms with Gasteiger partial charge in [-0.1, -0.05) is 0 Å². The number of benzene rings is 1. The van der Waals surface area contributed by atoms with Crippen molar-refractivity contribution in [3.05, 3.63) is 22.3 Å². The molecule has 0 spiro atoms. The molecule has 1 N–H and O–H groups in total. The highest BCUT2D eigenvalue weighted by atomic mass is 16.6. The Kier molecular flexibility index (Phi) is 6.09. The predicted octanol–water partition coefficient (Wildman–Crippen LogP) is 3.28. The molecule has 0 radical (unpaired) electrons. The average molecular weight is 364 g/mol. The summed E-state index contributed by atoms with van der Waals surface area (Å²) in [5, 5.41) is 9.66. The molecule has 2 rings (SSSR count). The fourth-order valence-electron chi connectivity index (χ4n) is 3.48. The first-order valence-corrected chi connectivity index (χ1v) is 8.89. The Balaban J connectivity index is 2.44. The largest absolute Gasteiger partial charge is 0.426 e. The first-order chi connectivity index (χ1) is 12.0. The van der Waals surface area contributed by atoms with Crippen LogP contribution < -0.4 is 9.47 Å². The molecule has 26 heavy (non-hydrogen) atoms. The molecule has 0 bridgehead atoms. The zero-order chi connectivity index (χ0) is 19.6. The third-order valence-corrected chi connectivity index (χ3v) is 5.05. The van der Waals surface area contributed by atoms with Crippen molar-refractivity contribution in [1.29, 1.82) is 0 Å². The van der Waals surface area contributed by atoms with Gasteiger partial charge in [-0.15, -0.1) is 0 Å². The SMILES string of the molecule is CC(=O)Oc1c(C)c(C)c(OC(C)=O)c(CCC2(C)CCC(O)O2)c1C. The lowest BCUT2D eigenvalue weighted by Crippen LogP contribution is -2.26. The fourth-order valence-corrected chi connectivity index (χ4v) is 3.48. The molecule has 0 amide bonds. The number of hydrogen-bond donors (Lipinski definition) is 1. The molecule has 1 aliphatic rings. The Morgan fingerprint density at radius 1 is 1.08 bits per heavy atom. The summed E-state index contributed by atoms with van der Waals surface area (Å²) in [7, 11) is 0. The second-order valence-electron chi connectivity index (χ2n) is 7.26. The highest BCUT2D eigenvalue weighted by molar-refractivity contribution is 5.74. The average Bonchev–Trinajstić information content (AvgIpc) is 2.87. The van der Waals surface area contributed by atoms with E-state index in [1.165, 1.54) is 13.8 Å². The van der Waals surface area contributed by atoms with Crippen LogP contribution in [-0.4, -0.2) is 28.9 Å². The predicted molar refractivity (Wildman–Crippen MR) is 96.3 cm³/mol. The molecule has 144 valence electrons. The van der Waals surface area contributed by atoms with Gasteiger partial charge in [-0.2, -0.15) is 0 Å². The van der Waals surface area contributed by atoms with E-state index in [2.05, 4.69) is 0 Å². The van der Waals surface area contributed by atoms with Crippen molar-refractivity contribution in [2.24, 2.45) is 0 Å². The van der Waals surface area contributed by atoms with Crippen LogP contribution in [0.4, 0.5) is 0 Å². The van der Waals surface area contributed by atoms with Crippen molar-refractivity contribution in [2.75, 3.05) is 0 Å². The highest BCUT2D eigenvalue weighted by Crippen LogP contribution is 2.41. The maximum Gasteiger partial charge on any atom is 0.308 e. The number of carbonyl (C=O) groups excluding carboxylic acids is 2. The number of carbonyl (C=O) groups is 2. The van der Waals surface area contributed by atoms with Crippen molar-refractivity contribution in [3.63, 3.8) is 0 Å². The summed E-state index contributed by atoms with van der Waals surface area (Å²) in [4.78, 5) is 23.1. The molecule has 2 atom stereocenters. The van der Waals surface area contributed by atoms with Gasteiger partial charge in [-0.25, -0.2) is 0 Å². The standard InChI is InChI=1S/C20H28O6/c1-11-12(2)19(25-15(5)22)16(13(3)18(11)24-14(4)21)7-9-20(6)10-8-17(23)26-20/h17,23H,7-10H2,1-6H3. The van der Waals surface area contributed by atoms with Gasteiger partial charge in [0.25, 0.3) is 0 Å². The third kappa shape index (κ3) is 4.43. The number of rotatable bonds is 5. The molecule has 1 aromatic carbocycles. The van der Waals surface area contributed by atoms with Gasteiger partial charge < -0.3 is 19.3 Å². The van der Waals surface area contributed by atoms with E-state index < -0.39 is 23.8 Å². The van der Waals surface area contributed by atoms with E-state index in [4.69, 9.17) is 14.2 Å². The minimum Gasteiger partial charge on any atom is -0.426 e. The van der Waals surface area contributed by atoms with Gasteiger partial charge in [0.15, 0.2) is 6.29 Å². The molecule has 0 saturated carbocycles. The van der Waals surface area contributed by atoms with Crippen molar-refractivity contribution in [3.8, 4) is 11.5 Å². The van der Waals surface area contributed by atoms with E-state index in [0.717, 1.165) is 28.7 Å². The van der Waals surface area contributed by atoms with E-state index in [1.54, 1.807) is 0 Å². The molecule has 0 aliphatic carbocycles. The second-order valence-corrected chi connectivity index (χ2v) is 7.26. The van der Waals surface area contributed by atoms with Gasteiger partial charge in [0, 0.05) is 25.8 Å². The van der Waals surface area contributed by atoms with Crippen LogP contribution >= 0.6 is 0 Å². The van der Waals surface area contributed by atoms with Crippen molar-refractivity contribution in [1.82, 2.24) is 0 Å². The molecule has 1 heterocycles. The third-order valence-electron chi connectivity index (χ3n) is 5.05. The lowest BCUT2D eigenvalue weighted by Gasteiger charge is -2.26. The van der Waals surface area contributed by atoms with Crippen molar-refractivity contribution >= 4 is 11.9 Å². The van der Waals surface area contributed by atoms with Gasteiger partial charge in [0.05, 0.1) is 5.60 Å². The number of esters is 2. The topological polar surface area (TPSA) is 82.1 Å². The van der Waals surface area contributed by atoms with E-state index in [1.807, 2.05) is 27.7 Å². The van der Waals surface area contributed by atoms with E-state index >= 15 is 0 Å². The Bertz CT molecular complexity index is 724. The minimum atomic E-state index is -0.731.